The first-order valence-electron chi connectivity index (χ1n) is 8.67. The standard InChI is InChI=1S/C21H20ClNO4S/c1-14-5-6-16(12-15(14)2)21(24)23-13-20(19-4-3-11-27-19)28(25,26)18-9-7-17(22)8-10-18/h3-12,20H,13H2,1-2H3,(H,23,24)/t20-/m0/s1. The largest absolute Gasteiger partial charge is 0.468 e. The van der Waals surface area contributed by atoms with Crippen molar-refractivity contribution in [2.75, 3.05) is 6.54 Å². The van der Waals surface area contributed by atoms with E-state index in [2.05, 4.69) is 5.32 Å². The summed E-state index contributed by atoms with van der Waals surface area (Å²) in [5.74, 6) is -0.0821. The molecule has 3 aromatic rings. The van der Waals surface area contributed by atoms with Gasteiger partial charge >= 0.3 is 0 Å². The fourth-order valence-electron chi connectivity index (χ4n) is 2.80. The van der Waals surface area contributed by atoms with Gasteiger partial charge in [-0.1, -0.05) is 17.7 Å². The van der Waals surface area contributed by atoms with Crippen LogP contribution in [0.2, 0.25) is 5.02 Å². The Morgan fingerprint density at radius 3 is 2.39 bits per heavy atom. The molecule has 0 fully saturated rings. The zero-order chi connectivity index (χ0) is 20.3. The van der Waals surface area contributed by atoms with E-state index in [0.717, 1.165) is 11.1 Å². The summed E-state index contributed by atoms with van der Waals surface area (Å²) in [5.41, 5.74) is 2.55. The molecule has 0 saturated carbocycles. The molecular formula is C21H20ClNO4S. The number of benzene rings is 2. The molecular weight excluding hydrogens is 398 g/mol. The molecule has 28 heavy (non-hydrogen) atoms. The van der Waals surface area contributed by atoms with Gasteiger partial charge in [-0.15, -0.1) is 0 Å². The van der Waals surface area contributed by atoms with Gasteiger partial charge in [0.25, 0.3) is 5.91 Å². The molecule has 0 aliphatic rings. The van der Waals surface area contributed by atoms with Gasteiger partial charge in [0.05, 0.1) is 11.2 Å². The number of hydrogen-bond donors (Lipinski definition) is 1. The summed E-state index contributed by atoms with van der Waals surface area (Å²) >= 11 is 5.86. The van der Waals surface area contributed by atoms with Gasteiger partial charge in [-0.2, -0.15) is 0 Å². The fourth-order valence-corrected chi connectivity index (χ4v) is 4.51. The average molecular weight is 418 g/mol. The minimum absolute atomic E-state index is 0.110. The minimum Gasteiger partial charge on any atom is -0.468 e. The van der Waals surface area contributed by atoms with E-state index in [-0.39, 0.29) is 23.1 Å². The predicted molar refractivity (Wildman–Crippen MR) is 108 cm³/mol. The molecule has 1 atom stereocenters. The van der Waals surface area contributed by atoms with Crippen LogP contribution in [0.5, 0.6) is 0 Å². The molecule has 1 heterocycles. The van der Waals surface area contributed by atoms with Gasteiger partial charge in [0.15, 0.2) is 9.84 Å². The Balaban J connectivity index is 1.86. The number of halogens is 1. The van der Waals surface area contributed by atoms with E-state index in [9.17, 15) is 13.2 Å². The Bertz CT molecular complexity index is 1070. The summed E-state index contributed by atoms with van der Waals surface area (Å²) in [6, 6.07) is 14.5. The van der Waals surface area contributed by atoms with Gasteiger partial charge in [-0.3, -0.25) is 4.79 Å². The average Bonchev–Trinajstić information content (AvgIpc) is 3.18. The second-order valence-corrected chi connectivity index (χ2v) is 9.08. The van der Waals surface area contributed by atoms with Crippen molar-refractivity contribution >= 4 is 27.3 Å². The third-order valence-electron chi connectivity index (χ3n) is 4.59. The first-order valence-corrected chi connectivity index (χ1v) is 10.6. The molecule has 5 nitrogen and oxygen atoms in total. The van der Waals surface area contributed by atoms with E-state index in [1.165, 1.54) is 30.5 Å². The number of hydrogen-bond acceptors (Lipinski definition) is 4. The van der Waals surface area contributed by atoms with Crippen molar-refractivity contribution in [2.45, 2.75) is 24.0 Å². The normalized spacial score (nSPS) is 12.5. The maximum absolute atomic E-state index is 13.1. The van der Waals surface area contributed by atoms with Crippen molar-refractivity contribution in [3.63, 3.8) is 0 Å². The van der Waals surface area contributed by atoms with Crippen molar-refractivity contribution < 1.29 is 17.6 Å². The molecule has 1 aromatic heterocycles. The van der Waals surface area contributed by atoms with Crippen LogP contribution in [0.3, 0.4) is 0 Å². The highest BCUT2D eigenvalue weighted by molar-refractivity contribution is 7.91. The molecule has 146 valence electrons. The van der Waals surface area contributed by atoms with E-state index < -0.39 is 15.1 Å². The van der Waals surface area contributed by atoms with Crippen LogP contribution in [0, 0.1) is 13.8 Å². The Morgan fingerprint density at radius 1 is 1.07 bits per heavy atom. The second-order valence-electron chi connectivity index (χ2n) is 6.51. The Kier molecular flexibility index (Phi) is 5.91. The number of carbonyl (C=O) groups excluding carboxylic acids is 1. The van der Waals surface area contributed by atoms with Crippen molar-refractivity contribution in [2.24, 2.45) is 0 Å². The molecule has 1 amide bonds. The molecule has 0 radical (unpaired) electrons. The zero-order valence-corrected chi connectivity index (χ0v) is 17.0. The molecule has 0 aliphatic carbocycles. The van der Waals surface area contributed by atoms with Gasteiger partial charge < -0.3 is 9.73 Å². The monoisotopic (exact) mass is 417 g/mol. The van der Waals surface area contributed by atoms with Crippen LogP contribution in [0.4, 0.5) is 0 Å². The Hall–Kier alpha value is -2.57. The number of amides is 1. The summed E-state index contributed by atoms with van der Waals surface area (Å²) in [4.78, 5) is 12.6. The zero-order valence-electron chi connectivity index (χ0n) is 15.5. The van der Waals surface area contributed by atoms with Gasteiger partial charge in [0.1, 0.15) is 11.0 Å². The highest BCUT2D eigenvalue weighted by atomic mass is 35.5. The number of aryl methyl sites for hydroxylation is 2. The van der Waals surface area contributed by atoms with E-state index >= 15 is 0 Å². The summed E-state index contributed by atoms with van der Waals surface area (Å²) < 4.78 is 31.6. The molecule has 0 aliphatic heterocycles. The summed E-state index contributed by atoms with van der Waals surface area (Å²) in [6.45, 7) is 3.76. The molecule has 0 spiro atoms. The van der Waals surface area contributed by atoms with Crippen LogP contribution in [0.1, 0.15) is 32.5 Å². The number of rotatable bonds is 6. The maximum atomic E-state index is 13.1. The molecule has 7 heteroatoms. The molecule has 0 bridgehead atoms. The maximum Gasteiger partial charge on any atom is 0.251 e. The highest BCUT2D eigenvalue weighted by Gasteiger charge is 2.32. The number of furan rings is 1. The lowest BCUT2D eigenvalue weighted by molar-refractivity contribution is 0.0953. The van der Waals surface area contributed by atoms with Crippen LogP contribution in [-0.2, 0) is 9.84 Å². The van der Waals surface area contributed by atoms with Crippen molar-refractivity contribution in [3.8, 4) is 0 Å². The molecule has 2 aromatic carbocycles. The number of nitrogens with one attached hydrogen (secondary N) is 1. The first kappa shape index (κ1) is 20.2. The van der Waals surface area contributed by atoms with Gasteiger partial charge in [-0.25, -0.2) is 8.42 Å². The summed E-state index contributed by atoms with van der Waals surface area (Å²) in [7, 11) is -3.80. The number of sulfone groups is 1. The summed E-state index contributed by atoms with van der Waals surface area (Å²) in [6.07, 6.45) is 1.41. The van der Waals surface area contributed by atoms with Gasteiger partial charge in [0, 0.05) is 17.1 Å². The molecule has 0 unspecified atom stereocenters. The molecule has 1 N–H and O–H groups in total. The lowest BCUT2D eigenvalue weighted by atomic mass is 10.1. The summed E-state index contributed by atoms with van der Waals surface area (Å²) in [5, 5.41) is 2.10. The SMILES string of the molecule is Cc1ccc(C(=O)NC[C@@H](c2ccco2)S(=O)(=O)c2ccc(Cl)cc2)cc1C. The van der Waals surface area contributed by atoms with E-state index in [1.54, 1.807) is 24.3 Å². The van der Waals surface area contributed by atoms with Crippen molar-refractivity contribution in [1.82, 2.24) is 5.32 Å². The van der Waals surface area contributed by atoms with Crippen LogP contribution >= 0.6 is 11.6 Å². The van der Waals surface area contributed by atoms with Gasteiger partial charge in [0.2, 0.25) is 0 Å². The predicted octanol–water partition coefficient (Wildman–Crippen LogP) is 4.49. The third-order valence-corrected chi connectivity index (χ3v) is 6.92. The fraction of sp³-hybridized carbons (Fsp3) is 0.190. The van der Waals surface area contributed by atoms with E-state index in [1.807, 2.05) is 19.9 Å². The van der Waals surface area contributed by atoms with Gasteiger partial charge in [-0.05, 0) is 73.5 Å². The lowest BCUT2D eigenvalue weighted by Gasteiger charge is -2.17. The van der Waals surface area contributed by atoms with Crippen LogP contribution < -0.4 is 5.32 Å². The second kappa shape index (κ2) is 8.20. The third kappa shape index (κ3) is 4.29. The Morgan fingerprint density at radius 2 is 1.79 bits per heavy atom. The molecule has 3 rings (SSSR count). The lowest BCUT2D eigenvalue weighted by Crippen LogP contribution is -2.31. The quantitative estimate of drug-likeness (QED) is 0.640. The minimum atomic E-state index is -3.80. The first-order chi connectivity index (χ1) is 13.3. The van der Waals surface area contributed by atoms with E-state index in [0.29, 0.717) is 10.6 Å². The number of carbonyl (C=O) groups is 1. The van der Waals surface area contributed by atoms with Crippen molar-refractivity contribution in [1.29, 1.82) is 0 Å². The van der Waals surface area contributed by atoms with Crippen LogP contribution in [0.15, 0.2) is 70.2 Å². The Labute approximate surface area is 169 Å². The van der Waals surface area contributed by atoms with Crippen LogP contribution in [-0.4, -0.2) is 20.9 Å². The van der Waals surface area contributed by atoms with Crippen molar-refractivity contribution in [3.05, 3.63) is 88.3 Å². The topological polar surface area (TPSA) is 76.4 Å². The smallest absolute Gasteiger partial charge is 0.251 e. The molecule has 0 saturated heterocycles. The highest BCUT2D eigenvalue weighted by Crippen LogP contribution is 2.29. The van der Waals surface area contributed by atoms with Crippen LogP contribution in [0.25, 0.3) is 0 Å². The van der Waals surface area contributed by atoms with E-state index in [4.69, 9.17) is 16.0 Å².